The molecule has 0 amide bonds. The van der Waals surface area contributed by atoms with E-state index in [9.17, 15) is 13.7 Å². The molecule has 0 bridgehead atoms. The van der Waals surface area contributed by atoms with E-state index >= 15 is 0 Å². The molecule has 0 radical (unpaired) electrons. The quantitative estimate of drug-likeness (QED) is 0.160. The monoisotopic (exact) mass is 604 g/mol. The van der Waals surface area contributed by atoms with Crippen LogP contribution in [0.4, 0.5) is 11.4 Å². The Morgan fingerprint density at radius 2 is 1.55 bits per heavy atom. The van der Waals surface area contributed by atoms with Gasteiger partial charge >= 0.3 is 0 Å². The lowest BCUT2D eigenvalue weighted by atomic mass is 10.1. The van der Waals surface area contributed by atoms with Gasteiger partial charge in [-0.05, 0) is 78.2 Å². The van der Waals surface area contributed by atoms with Gasteiger partial charge in [0.2, 0.25) is 10.0 Å². The third-order valence-electron chi connectivity index (χ3n) is 6.84. The maximum Gasteiger partial charge on any atom is 0.229 e. The van der Waals surface area contributed by atoms with Crippen LogP contribution in [0.15, 0.2) is 116 Å². The molecule has 0 atom stereocenters. The highest BCUT2D eigenvalue weighted by molar-refractivity contribution is 7.92. The van der Waals surface area contributed by atoms with Crippen molar-refractivity contribution in [3.05, 3.63) is 143 Å². The summed E-state index contributed by atoms with van der Waals surface area (Å²) in [5.74, 6) is 2.04. The Bertz CT molecular complexity index is 1870. The minimum Gasteiger partial charge on any atom is -0.489 e. The summed E-state index contributed by atoms with van der Waals surface area (Å²) in [6.45, 7) is 3.36. The Morgan fingerprint density at radius 3 is 2.30 bits per heavy atom. The number of benzene rings is 4. The molecule has 0 unspecified atom stereocenters. The number of hydrogen-bond acceptors (Lipinski definition) is 7. The summed E-state index contributed by atoms with van der Waals surface area (Å²) in [5, 5.41) is 9.41. The van der Waals surface area contributed by atoms with Crippen molar-refractivity contribution in [2.45, 2.75) is 26.6 Å². The molecule has 9 heteroatoms. The molecule has 0 aliphatic heterocycles. The van der Waals surface area contributed by atoms with Gasteiger partial charge in [0, 0.05) is 42.8 Å². The van der Waals surface area contributed by atoms with Gasteiger partial charge in [-0.15, -0.1) is 0 Å². The van der Waals surface area contributed by atoms with Crippen molar-refractivity contribution in [3.63, 3.8) is 0 Å². The maximum absolute atomic E-state index is 12.0. The summed E-state index contributed by atoms with van der Waals surface area (Å²) in [7, 11) is -3.45. The second kappa shape index (κ2) is 13.8. The number of nitrogens with zero attached hydrogens (tertiary/aromatic N) is 3. The van der Waals surface area contributed by atoms with Crippen LogP contribution in [0.5, 0.6) is 17.2 Å². The molecule has 4 aromatic carbocycles. The fraction of sp³-hybridized carbons (Fsp3) is 0.143. The Hall–Kier alpha value is -5.33. The topological polar surface area (TPSA) is 105 Å². The molecular formula is C35H32N4O4S. The molecule has 1 heterocycles. The Kier molecular flexibility index (Phi) is 9.43. The van der Waals surface area contributed by atoms with Crippen LogP contribution < -0.4 is 19.1 Å². The lowest BCUT2D eigenvalue weighted by Gasteiger charge is -2.28. The molecule has 0 aliphatic rings. The van der Waals surface area contributed by atoms with Gasteiger partial charge in [-0.2, -0.15) is 5.26 Å². The highest BCUT2D eigenvalue weighted by atomic mass is 32.2. The first-order valence-electron chi connectivity index (χ1n) is 14.0. The van der Waals surface area contributed by atoms with Crippen LogP contribution >= 0.6 is 0 Å². The SMILES string of the molecule is Cc1c(NS(C)(=O)=O)cccc1N(Cc1ccc(Oc2cccc(OCc3cccnc3)c2)cc1)Cc1cccc(C#N)c1. The molecule has 0 aliphatic carbocycles. The molecule has 1 N–H and O–H groups in total. The average Bonchev–Trinajstić information content (AvgIpc) is 3.02. The minimum atomic E-state index is -3.45. The lowest BCUT2D eigenvalue weighted by Crippen LogP contribution is -2.23. The Balaban J connectivity index is 1.33. The summed E-state index contributed by atoms with van der Waals surface area (Å²) in [4.78, 5) is 6.28. The van der Waals surface area contributed by atoms with Gasteiger partial charge < -0.3 is 14.4 Å². The number of hydrogen-bond donors (Lipinski definition) is 1. The van der Waals surface area contributed by atoms with Crippen LogP contribution in [0.1, 0.15) is 27.8 Å². The van der Waals surface area contributed by atoms with Crippen LogP contribution in [0, 0.1) is 18.3 Å². The minimum absolute atomic E-state index is 0.413. The second-order valence-corrected chi connectivity index (χ2v) is 12.1. The average molecular weight is 605 g/mol. The van der Waals surface area contributed by atoms with Gasteiger partial charge in [-0.1, -0.05) is 42.5 Å². The van der Waals surface area contributed by atoms with E-state index in [0.717, 1.165) is 34.2 Å². The number of nitriles is 1. The van der Waals surface area contributed by atoms with Gasteiger partial charge in [0.25, 0.3) is 0 Å². The number of ether oxygens (including phenoxy) is 2. The van der Waals surface area contributed by atoms with Crippen molar-refractivity contribution in [2.24, 2.45) is 0 Å². The standard InChI is InChI=1S/C35H32N4O4S/c1-26-34(38-44(2,40)41)12-5-13-35(26)39(24-29-8-3-7-28(19-29)21-36)23-27-14-16-31(17-15-27)43-33-11-4-10-32(20-33)42-25-30-9-6-18-37-22-30/h3-20,22,38H,23-25H2,1-2H3. The van der Waals surface area contributed by atoms with Crippen molar-refractivity contribution < 1.29 is 17.9 Å². The van der Waals surface area contributed by atoms with Crippen molar-refractivity contribution in [3.8, 4) is 23.3 Å². The van der Waals surface area contributed by atoms with Gasteiger partial charge in [0.05, 0.1) is 23.6 Å². The number of aromatic nitrogens is 1. The molecule has 0 saturated heterocycles. The molecule has 222 valence electrons. The largest absolute Gasteiger partial charge is 0.489 e. The van der Waals surface area contributed by atoms with Crippen LogP contribution in [-0.4, -0.2) is 19.7 Å². The van der Waals surface area contributed by atoms with Crippen molar-refractivity contribution in [1.29, 1.82) is 5.26 Å². The first kappa shape index (κ1) is 30.1. The molecule has 5 rings (SSSR count). The fourth-order valence-electron chi connectivity index (χ4n) is 4.76. The first-order valence-corrected chi connectivity index (χ1v) is 15.8. The van der Waals surface area contributed by atoms with Crippen molar-refractivity contribution in [2.75, 3.05) is 15.9 Å². The smallest absolute Gasteiger partial charge is 0.229 e. The molecule has 44 heavy (non-hydrogen) atoms. The third-order valence-corrected chi connectivity index (χ3v) is 7.43. The molecule has 0 spiro atoms. The highest BCUT2D eigenvalue weighted by Gasteiger charge is 2.16. The predicted molar refractivity (Wildman–Crippen MR) is 172 cm³/mol. The van der Waals surface area contributed by atoms with Crippen LogP contribution in [0.25, 0.3) is 0 Å². The van der Waals surface area contributed by atoms with Gasteiger partial charge in [0.15, 0.2) is 0 Å². The summed E-state index contributed by atoms with van der Waals surface area (Å²) < 4.78 is 38.6. The van der Waals surface area contributed by atoms with Crippen LogP contribution in [0.3, 0.4) is 0 Å². The van der Waals surface area contributed by atoms with E-state index in [-0.39, 0.29) is 0 Å². The van der Waals surface area contributed by atoms with Crippen LogP contribution in [0.2, 0.25) is 0 Å². The van der Waals surface area contributed by atoms with Crippen LogP contribution in [-0.2, 0) is 29.7 Å². The lowest BCUT2D eigenvalue weighted by molar-refractivity contribution is 0.304. The summed E-state index contributed by atoms with van der Waals surface area (Å²) in [6, 6.07) is 34.4. The third kappa shape index (κ3) is 8.37. The van der Waals surface area contributed by atoms with Gasteiger partial charge in [-0.3, -0.25) is 9.71 Å². The number of nitrogens with one attached hydrogen (secondary N) is 1. The number of rotatable bonds is 12. The van der Waals surface area contributed by atoms with E-state index < -0.39 is 10.0 Å². The van der Waals surface area contributed by atoms with Crippen molar-refractivity contribution in [1.82, 2.24) is 4.98 Å². The van der Waals surface area contributed by atoms with Gasteiger partial charge in [-0.25, -0.2) is 8.42 Å². The van der Waals surface area contributed by atoms with E-state index in [1.807, 2.05) is 97.9 Å². The van der Waals surface area contributed by atoms with E-state index in [0.29, 0.717) is 48.2 Å². The van der Waals surface area contributed by atoms with Crippen molar-refractivity contribution >= 4 is 21.4 Å². The zero-order valence-corrected chi connectivity index (χ0v) is 25.3. The Labute approximate surface area is 258 Å². The summed E-state index contributed by atoms with van der Waals surface area (Å²) in [6.07, 6.45) is 4.64. The second-order valence-electron chi connectivity index (χ2n) is 10.4. The molecule has 0 saturated carbocycles. The fourth-order valence-corrected chi connectivity index (χ4v) is 5.38. The van der Waals surface area contributed by atoms with E-state index in [1.54, 1.807) is 24.5 Å². The summed E-state index contributed by atoms with van der Waals surface area (Å²) >= 11 is 0. The molecule has 8 nitrogen and oxygen atoms in total. The maximum atomic E-state index is 12.0. The number of anilines is 2. The molecular weight excluding hydrogens is 572 g/mol. The van der Waals surface area contributed by atoms with Gasteiger partial charge in [0.1, 0.15) is 23.9 Å². The zero-order chi connectivity index (χ0) is 30.9. The highest BCUT2D eigenvalue weighted by Crippen LogP contribution is 2.31. The predicted octanol–water partition coefficient (Wildman–Crippen LogP) is 7.21. The first-order chi connectivity index (χ1) is 21.3. The number of sulfonamides is 1. The van der Waals surface area contributed by atoms with E-state index in [4.69, 9.17) is 9.47 Å². The van der Waals surface area contributed by atoms with E-state index in [2.05, 4.69) is 20.7 Å². The molecule has 5 aromatic rings. The molecule has 1 aromatic heterocycles. The van der Waals surface area contributed by atoms with E-state index in [1.165, 1.54) is 0 Å². The Morgan fingerprint density at radius 1 is 0.818 bits per heavy atom. The summed E-state index contributed by atoms with van der Waals surface area (Å²) in [5.41, 5.74) is 5.77. The molecule has 0 fully saturated rings. The normalized spacial score (nSPS) is 10.9. The number of pyridine rings is 1. The zero-order valence-electron chi connectivity index (χ0n) is 24.5.